The Morgan fingerprint density at radius 1 is 1.47 bits per heavy atom. The van der Waals surface area contributed by atoms with Gasteiger partial charge in [-0.25, -0.2) is 13.1 Å². The first kappa shape index (κ1) is 12.6. The number of nitrogen functional groups attached to an aromatic ring is 1. The van der Waals surface area contributed by atoms with Crippen molar-refractivity contribution in [2.45, 2.75) is 30.7 Å². The molecule has 19 heavy (non-hydrogen) atoms. The van der Waals surface area contributed by atoms with Crippen LogP contribution in [0.1, 0.15) is 21.7 Å². The number of H-pyrrole nitrogens is 1. The van der Waals surface area contributed by atoms with Gasteiger partial charge in [0.15, 0.2) is 0 Å². The van der Waals surface area contributed by atoms with Crippen LogP contribution in [0.4, 0.5) is 5.82 Å². The quantitative estimate of drug-likeness (QED) is 0.784. The van der Waals surface area contributed by atoms with Crippen molar-refractivity contribution in [3.05, 3.63) is 27.6 Å². The zero-order chi connectivity index (χ0) is 13.5. The molecule has 2 heterocycles. The third-order valence-electron chi connectivity index (χ3n) is 3.16. The summed E-state index contributed by atoms with van der Waals surface area (Å²) in [5, 5.41) is 6.03. The van der Waals surface area contributed by atoms with Crippen LogP contribution in [0, 0.1) is 0 Å². The minimum atomic E-state index is -3.60. The fourth-order valence-corrected chi connectivity index (χ4v) is 4.54. The molecular weight excluding hydrogens is 284 g/mol. The summed E-state index contributed by atoms with van der Waals surface area (Å²) < 4.78 is 26.6. The number of rotatable bonds is 4. The van der Waals surface area contributed by atoms with Gasteiger partial charge in [0.2, 0.25) is 10.0 Å². The van der Waals surface area contributed by atoms with Gasteiger partial charge < -0.3 is 5.73 Å². The van der Waals surface area contributed by atoms with Gasteiger partial charge in [0.05, 0.1) is 6.20 Å². The van der Waals surface area contributed by atoms with Crippen molar-refractivity contribution in [3.63, 3.8) is 0 Å². The normalized spacial score (nSPS) is 14.7. The number of hydrogen-bond donors (Lipinski definition) is 3. The molecule has 0 fully saturated rings. The molecule has 0 saturated carbocycles. The van der Waals surface area contributed by atoms with Crippen molar-refractivity contribution < 1.29 is 8.42 Å². The van der Waals surface area contributed by atoms with E-state index in [0.717, 1.165) is 17.7 Å². The first-order chi connectivity index (χ1) is 9.06. The standard InChI is InChI=1S/C11H14N4O2S2/c12-11-10(6-13-15-11)19(16,17)14-5-8-4-7-2-1-3-9(7)18-8/h4,6,14H,1-3,5H2,(H3,12,13,15). The Balaban J connectivity index is 1.73. The van der Waals surface area contributed by atoms with Crippen LogP contribution >= 0.6 is 11.3 Å². The third kappa shape index (κ3) is 2.38. The van der Waals surface area contributed by atoms with Crippen molar-refractivity contribution >= 4 is 27.2 Å². The van der Waals surface area contributed by atoms with Crippen LogP contribution in [0.25, 0.3) is 0 Å². The Hall–Kier alpha value is -1.38. The molecule has 4 N–H and O–H groups in total. The van der Waals surface area contributed by atoms with Gasteiger partial charge in [0, 0.05) is 16.3 Å². The Morgan fingerprint density at radius 2 is 2.32 bits per heavy atom. The largest absolute Gasteiger partial charge is 0.383 e. The first-order valence-electron chi connectivity index (χ1n) is 5.95. The van der Waals surface area contributed by atoms with Crippen LogP contribution in [0.3, 0.4) is 0 Å². The number of sulfonamides is 1. The van der Waals surface area contributed by atoms with Crippen LogP contribution in [0.2, 0.25) is 0 Å². The Kier molecular flexibility index (Phi) is 3.08. The van der Waals surface area contributed by atoms with E-state index >= 15 is 0 Å². The second kappa shape index (κ2) is 4.62. The predicted molar refractivity (Wildman–Crippen MR) is 73.4 cm³/mol. The molecule has 2 aromatic heterocycles. The van der Waals surface area contributed by atoms with Crippen molar-refractivity contribution in [2.75, 3.05) is 5.73 Å². The molecule has 0 amide bonds. The number of nitrogens with one attached hydrogen (secondary N) is 2. The number of thiophene rings is 1. The first-order valence-corrected chi connectivity index (χ1v) is 8.25. The van der Waals surface area contributed by atoms with Crippen molar-refractivity contribution in [3.8, 4) is 0 Å². The number of nitrogens with zero attached hydrogens (tertiary/aromatic N) is 1. The van der Waals surface area contributed by atoms with Crippen LogP contribution in [-0.2, 0) is 29.4 Å². The monoisotopic (exact) mass is 298 g/mol. The summed E-state index contributed by atoms with van der Waals surface area (Å²) >= 11 is 1.68. The average molecular weight is 298 g/mol. The number of hydrogen-bond acceptors (Lipinski definition) is 5. The number of aryl methyl sites for hydroxylation is 2. The van der Waals surface area contributed by atoms with Crippen LogP contribution in [-0.4, -0.2) is 18.6 Å². The maximum Gasteiger partial charge on any atom is 0.246 e. The topological polar surface area (TPSA) is 101 Å². The van der Waals surface area contributed by atoms with E-state index in [4.69, 9.17) is 5.73 Å². The predicted octanol–water partition coefficient (Wildman–Crippen LogP) is 1.02. The molecule has 1 aliphatic carbocycles. The lowest BCUT2D eigenvalue weighted by Gasteiger charge is -2.03. The number of nitrogens with two attached hydrogens (primary N) is 1. The van der Waals surface area contributed by atoms with Gasteiger partial charge in [-0.1, -0.05) is 0 Å². The lowest BCUT2D eigenvalue weighted by Crippen LogP contribution is -2.23. The van der Waals surface area contributed by atoms with E-state index in [1.54, 1.807) is 11.3 Å². The van der Waals surface area contributed by atoms with Crippen LogP contribution in [0.15, 0.2) is 17.2 Å². The molecule has 0 saturated heterocycles. The van der Waals surface area contributed by atoms with Gasteiger partial charge in [0.25, 0.3) is 0 Å². The van der Waals surface area contributed by atoms with Crippen LogP contribution in [0.5, 0.6) is 0 Å². The number of fused-ring (bicyclic) bond motifs is 1. The highest BCUT2D eigenvalue weighted by Gasteiger charge is 2.20. The third-order valence-corrected chi connectivity index (χ3v) is 5.82. The van der Waals surface area contributed by atoms with Gasteiger partial charge in [-0.2, -0.15) is 5.10 Å². The van der Waals surface area contributed by atoms with Crippen molar-refractivity contribution in [2.24, 2.45) is 0 Å². The van der Waals surface area contributed by atoms with E-state index in [1.807, 2.05) is 0 Å². The fourth-order valence-electron chi connectivity index (χ4n) is 2.22. The number of aromatic amines is 1. The lowest BCUT2D eigenvalue weighted by molar-refractivity contribution is 0.582. The SMILES string of the molecule is Nc1[nH]ncc1S(=O)(=O)NCc1cc2c(s1)CCC2. The minimum absolute atomic E-state index is 0.00315. The lowest BCUT2D eigenvalue weighted by atomic mass is 10.2. The molecule has 6 nitrogen and oxygen atoms in total. The van der Waals surface area contributed by atoms with E-state index in [1.165, 1.54) is 23.1 Å². The summed E-state index contributed by atoms with van der Waals surface area (Å²) in [5.41, 5.74) is 6.88. The summed E-state index contributed by atoms with van der Waals surface area (Å²) in [4.78, 5) is 2.42. The average Bonchev–Trinajstić information content (AvgIpc) is 3.00. The molecule has 8 heteroatoms. The second-order valence-electron chi connectivity index (χ2n) is 4.49. The Morgan fingerprint density at radius 3 is 3.00 bits per heavy atom. The highest BCUT2D eigenvalue weighted by molar-refractivity contribution is 7.89. The second-order valence-corrected chi connectivity index (χ2v) is 7.44. The zero-order valence-electron chi connectivity index (χ0n) is 10.1. The Bertz CT molecular complexity index is 681. The minimum Gasteiger partial charge on any atom is -0.383 e. The van der Waals surface area contributed by atoms with Crippen molar-refractivity contribution in [1.29, 1.82) is 0 Å². The molecule has 0 aromatic carbocycles. The van der Waals surface area contributed by atoms with E-state index in [0.29, 0.717) is 6.54 Å². The van der Waals surface area contributed by atoms with E-state index < -0.39 is 10.0 Å². The zero-order valence-corrected chi connectivity index (χ0v) is 11.8. The van der Waals surface area contributed by atoms with E-state index in [2.05, 4.69) is 21.0 Å². The highest BCUT2D eigenvalue weighted by atomic mass is 32.2. The van der Waals surface area contributed by atoms with Gasteiger partial charge in [-0.3, -0.25) is 5.10 Å². The summed E-state index contributed by atoms with van der Waals surface area (Å²) in [6.45, 7) is 0.296. The van der Waals surface area contributed by atoms with E-state index in [-0.39, 0.29) is 10.7 Å². The van der Waals surface area contributed by atoms with Gasteiger partial charge in [-0.15, -0.1) is 11.3 Å². The number of anilines is 1. The molecule has 0 bridgehead atoms. The molecule has 1 aliphatic rings. The maximum absolute atomic E-state index is 12.0. The van der Waals surface area contributed by atoms with Crippen molar-refractivity contribution in [1.82, 2.24) is 14.9 Å². The summed E-state index contributed by atoms with van der Waals surface area (Å²) in [7, 11) is -3.60. The van der Waals surface area contributed by atoms with E-state index in [9.17, 15) is 8.42 Å². The highest BCUT2D eigenvalue weighted by Crippen LogP contribution is 2.30. The summed E-state index contributed by atoms with van der Waals surface area (Å²) in [6, 6.07) is 2.09. The molecular formula is C11H14N4O2S2. The molecule has 0 radical (unpaired) electrons. The number of aromatic nitrogens is 2. The molecule has 3 rings (SSSR count). The molecule has 0 aliphatic heterocycles. The van der Waals surface area contributed by atoms with Gasteiger partial charge in [-0.05, 0) is 30.9 Å². The summed E-state index contributed by atoms with van der Waals surface area (Å²) in [6.07, 6.45) is 4.64. The molecule has 102 valence electrons. The van der Waals surface area contributed by atoms with Crippen LogP contribution < -0.4 is 10.5 Å². The fraction of sp³-hybridized carbons (Fsp3) is 0.364. The maximum atomic E-state index is 12.0. The van der Waals surface area contributed by atoms with Gasteiger partial charge >= 0.3 is 0 Å². The smallest absolute Gasteiger partial charge is 0.246 e. The Labute approximate surface area is 115 Å². The molecule has 0 unspecified atom stereocenters. The molecule has 0 atom stereocenters. The van der Waals surface area contributed by atoms with Gasteiger partial charge in [0.1, 0.15) is 10.7 Å². The summed E-state index contributed by atoms with van der Waals surface area (Å²) in [5.74, 6) is 0.0566. The molecule has 2 aromatic rings. The molecule has 0 spiro atoms.